The van der Waals surface area contributed by atoms with E-state index in [0.29, 0.717) is 12.4 Å². The molecule has 1 aromatic rings. The number of ether oxygens (including phenoxy) is 1. The summed E-state index contributed by atoms with van der Waals surface area (Å²) < 4.78 is 4.82. The molecule has 1 heterocycles. The Morgan fingerprint density at radius 1 is 1.67 bits per heavy atom. The number of hydrogen-bond acceptors (Lipinski definition) is 5. The number of hydrogen-bond donors (Lipinski definition) is 1. The smallest absolute Gasteiger partial charge is 0.343 e. The molecule has 7 nitrogen and oxygen atoms in total. The van der Waals surface area contributed by atoms with Crippen LogP contribution >= 0.6 is 0 Å². The minimum absolute atomic E-state index is 0.280. The number of carbonyl (C=O) groups excluding carboxylic acids is 1. The van der Waals surface area contributed by atoms with Crippen molar-refractivity contribution in [2.24, 2.45) is 10.3 Å². The Morgan fingerprint density at radius 3 is 3.00 bits per heavy atom. The van der Waals surface area contributed by atoms with Crippen LogP contribution in [0.2, 0.25) is 0 Å². The minimum atomic E-state index is -0.459. The van der Waals surface area contributed by atoms with E-state index < -0.39 is 5.97 Å². The second-order valence-corrected chi connectivity index (χ2v) is 2.89. The summed E-state index contributed by atoms with van der Waals surface area (Å²) in [5, 5.41) is 15.3. The van der Waals surface area contributed by atoms with Gasteiger partial charge in [0.1, 0.15) is 5.56 Å². The molecule has 0 fully saturated rings. The molecule has 0 aromatic carbocycles. The van der Waals surface area contributed by atoms with Crippen LogP contribution in [-0.4, -0.2) is 41.9 Å². The molecule has 0 spiro atoms. The predicted octanol–water partition coefficient (Wildman–Crippen LogP) is 1.15. The van der Waals surface area contributed by atoms with E-state index >= 15 is 0 Å². The summed E-state index contributed by atoms with van der Waals surface area (Å²) in [5.74, 6) is -0.166. The zero-order valence-electron chi connectivity index (χ0n) is 8.89. The summed E-state index contributed by atoms with van der Waals surface area (Å²) >= 11 is 0. The maximum atomic E-state index is 11.4. The van der Waals surface area contributed by atoms with Crippen molar-refractivity contribution in [3.63, 3.8) is 0 Å². The van der Waals surface area contributed by atoms with Gasteiger partial charge in [0.25, 0.3) is 0 Å². The fourth-order valence-electron chi connectivity index (χ4n) is 0.848. The SMILES string of the molecule is CCOC(=O)c1cn[nH]c1N=NN(C)C. The monoisotopic (exact) mass is 211 g/mol. The van der Waals surface area contributed by atoms with Crippen LogP contribution in [0.5, 0.6) is 0 Å². The van der Waals surface area contributed by atoms with E-state index in [-0.39, 0.29) is 5.56 Å². The van der Waals surface area contributed by atoms with Crippen LogP contribution in [0.4, 0.5) is 5.82 Å². The van der Waals surface area contributed by atoms with Gasteiger partial charge in [-0.05, 0) is 6.92 Å². The largest absolute Gasteiger partial charge is 0.462 e. The molecule has 0 unspecified atom stereocenters. The number of nitrogens with zero attached hydrogens (tertiary/aromatic N) is 4. The quantitative estimate of drug-likeness (QED) is 0.460. The highest BCUT2D eigenvalue weighted by Gasteiger charge is 2.14. The lowest BCUT2D eigenvalue weighted by Gasteiger charge is -2.01. The van der Waals surface area contributed by atoms with Crippen molar-refractivity contribution in [2.45, 2.75) is 6.92 Å². The summed E-state index contributed by atoms with van der Waals surface area (Å²) in [6, 6.07) is 0. The summed E-state index contributed by atoms with van der Waals surface area (Å²) in [6.45, 7) is 2.05. The van der Waals surface area contributed by atoms with Crippen molar-refractivity contribution in [2.75, 3.05) is 20.7 Å². The molecule has 1 aromatic heterocycles. The lowest BCUT2D eigenvalue weighted by molar-refractivity contribution is 0.0527. The Bertz CT molecular complexity index is 358. The molecule has 1 N–H and O–H groups in total. The van der Waals surface area contributed by atoms with Gasteiger partial charge in [0.15, 0.2) is 5.82 Å². The predicted molar refractivity (Wildman–Crippen MR) is 52.7 cm³/mol. The summed E-state index contributed by atoms with van der Waals surface area (Å²) in [5.41, 5.74) is 0.280. The molecule has 7 heteroatoms. The molecule has 0 radical (unpaired) electrons. The standard InChI is InChI=1S/C8H13N5O2/c1-4-15-8(14)6-5-9-10-7(6)11-12-13(2)3/h5H,4H2,1-3H3,(H,9,10). The summed E-state index contributed by atoms with van der Waals surface area (Å²) in [7, 11) is 3.45. The Labute approximate surface area is 87.1 Å². The van der Waals surface area contributed by atoms with Crippen LogP contribution in [0.15, 0.2) is 16.5 Å². The van der Waals surface area contributed by atoms with Crippen molar-refractivity contribution in [1.82, 2.24) is 15.2 Å². The lowest BCUT2D eigenvalue weighted by atomic mass is 10.3. The average Bonchev–Trinajstić information content (AvgIpc) is 2.62. The van der Waals surface area contributed by atoms with Crippen LogP contribution in [0.25, 0.3) is 0 Å². The van der Waals surface area contributed by atoms with E-state index in [2.05, 4.69) is 20.5 Å². The second kappa shape index (κ2) is 5.08. The molecule has 0 amide bonds. The van der Waals surface area contributed by atoms with Gasteiger partial charge in [-0.2, -0.15) is 5.10 Å². The fourth-order valence-corrected chi connectivity index (χ4v) is 0.848. The number of aromatic amines is 1. The van der Waals surface area contributed by atoms with Gasteiger partial charge in [-0.1, -0.05) is 5.22 Å². The lowest BCUT2D eigenvalue weighted by Crippen LogP contribution is -2.04. The van der Waals surface area contributed by atoms with Crippen molar-refractivity contribution in [3.05, 3.63) is 11.8 Å². The van der Waals surface area contributed by atoms with Gasteiger partial charge in [-0.3, -0.25) is 10.1 Å². The van der Waals surface area contributed by atoms with Crippen LogP contribution in [0, 0.1) is 0 Å². The first-order valence-electron chi connectivity index (χ1n) is 4.44. The number of H-pyrrole nitrogens is 1. The van der Waals surface area contributed by atoms with Crippen molar-refractivity contribution < 1.29 is 9.53 Å². The zero-order chi connectivity index (χ0) is 11.3. The van der Waals surface area contributed by atoms with E-state index in [1.165, 1.54) is 11.2 Å². The van der Waals surface area contributed by atoms with Crippen molar-refractivity contribution >= 4 is 11.8 Å². The Kier molecular flexibility index (Phi) is 3.78. The molecule has 0 bridgehead atoms. The molecular formula is C8H13N5O2. The summed E-state index contributed by atoms with van der Waals surface area (Å²) in [4.78, 5) is 11.4. The molecule has 1 rings (SSSR count). The first-order chi connectivity index (χ1) is 7.15. The number of nitrogens with one attached hydrogen (secondary N) is 1. The molecule has 0 aliphatic rings. The highest BCUT2D eigenvalue weighted by atomic mass is 16.5. The van der Waals surface area contributed by atoms with Crippen LogP contribution in [-0.2, 0) is 4.74 Å². The number of esters is 1. The molecule has 0 aliphatic carbocycles. The maximum Gasteiger partial charge on any atom is 0.343 e. The normalized spacial score (nSPS) is 10.6. The topological polar surface area (TPSA) is 82.9 Å². The van der Waals surface area contributed by atoms with E-state index in [9.17, 15) is 4.79 Å². The third-order valence-electron chi connectivity index (χ3n) is 1.44. The Morgan fingerprint density at radius 2 is 2.40 bits per heavy atom. The van der Waals surface area contributed by atoms with Gasteiger partial charge < -0.3 is 4.74 Å². The third kappa shape index (κ3) is 3.04. The van der Waals surface area contributed by atoms with Crippen LogP contribution < -0.4 is 0 Å². The molecule has 0 saturated carbocycles. The number of rotatable bonds is 4. The minimum Gasteiger partial charge on any atom is -0.462 e. The molecule has 15 heavy (non-hydrogen) atoms. The van der Waals surface area contributed by atoms with Gasteiger partial charge in [-0.25, -0.2) is 4.79 Å². The van der Waals surface area contributed by atoms with E-state index in [1.54, 1.807) is 21.0 Å². The number of aromatic nitrogens is 2. The van der Waals surface area contributed by atoms with Gasteiger partial charge in [0.05, 0.1) is 12.8 Å². The van der Waals surface area contributed by atoms with Gasteiger partial charge in [0, 0.05) is 14.1 Å². The highest BCUT2D eigenvalue weighted by molar-refractivity contribution is 5.93. The fraction of sp³-hybridized carbons (Fsp3) is 0.500. The zero-order valence-corrected chi connectivity index (χ0v) is 8.89. The second-order valence-electron chi connectivity index (χ2n) is 2.89. The Hall–Kier alpha value is -1.92. The number of carbonyl (C=O) groups is 1. The molecule has 0 aliphatic heterocycles. The van der Waals surface area contributed by atoms with Crippen LogP contribution in [0.1, 0.15) is 17.3 Å². The third-order valence-corrected chi connectivity index (χ3v) is 1.44. The maximum absolute atomic E-state index is 11.4. The average molecular weight is 211 g/mol. The molecule has 0 saturated heterocycles. The van der Waals surface area contributed by atoms with E-state index in [4.69, 9.17) is 4.74 Å². The first-order valence-corrected chi connectivity index (χ1v) is 4.44. The Balaban J connectivity index is 2.82. The van der Waals surface area contributed by atoms with E-state index in [0.717, 1.165) is 0 Å². The van der Waals surface area contributed by atoms with Gasteiger partial charge >= 0.3 is 5.97 Å². The van der Waals surface area contributed by atoms with Gasteiger partial charge in [-0.15, -0.1) is 5.11 Å². The molecule has 0 atom stereocenters. The van der Waals surface area contributed by atoms with Crippen molar-refractivity contribution in [3.8, 4) is 0 Å². The summed E-state index contributed by atoms with van der Waals surface area (Å²) in [6.07, 6.45) is 1.36. The molecular weight excluding hydrogens is 198 g/mol. The van der Waals surface area contributed by atoms with Gasteiger partial charge in [0.2, 0.25) is 0 Å². The highest BCUT2D eigenvalue weighted by Crippen LogP contribution is 2.16. The van der Waals surface area contributed by atoms with Crippen LogP contribution in [0.3, 0.4) is 0 Å². The van der Waals surface area contributed by atoms with E-state index in [1.807, 2.05) is 0 Å². The van der Waals surface area contributed by atoms with Crippen molar-refractivity contribution in [1.29, 1.82) is 0 Å². The molecule has 82 valence electrons. The first kappa shape index (κ1) is 11.2.